The second-order valence-electron chi connectivity index (χ2n) is 4.53. The van der Waals surface area contributed by atoms with Gasteiger partial charge in [0.25, 0.3) is 0 Å². The Bertz CT molecular complexity index is 545. The highest BCUT2D eigenvalue weighted by Gasteiger charge is 2.00. The molecule has 2 N–H and O–H groups in total. The summed E-state index contributed by atoms with van der Waals surface area (Å²) in [5.41, 5.74) is 0.876. The summed E-state index contributed by atoms with van der Waals surface area (Å²) >= 11 is 5.95. The summed E-state index contributed by atoms with van der Waals surface area (Å²) in [5.74, 6) is 1.40. The molecule has 0 aliphatic rings. The Kier molecular flexibility index (Phi) is 5.62. The molecule has 2 rings (SSSR count). The largest absolute Gasteiger partial charge is 0.370 e. The highest BCUT2D eigenvalue weighted by atomic mass is 35.5. The van der Waals surface area contributed by atoms with Gasteiger partial charge in [0.2, 0.25) is 5.95 Å². The topological polar surface area (TPSA) is 49.8 Å². The minimum absolute atomic E-state index is 0.563. The quantitative estimate of drug-likeness (QED) is 0.738. The molecule has 5 heteroatoms. The van der Waals surface area contributed by atoms with Gasteiger partial charge in [-0.15, -0.1) is 0 Å². The number of unbranched alkanes of at least 4 members (excludes halogenated alkanes) is 2. The zero-order chi connectivity index (χ0) is 14.2. The van der Waals surface area contributed by atoms with E-state index in [1.165, 1.54) is 12.8 Å². The summed E-state index contributed by atoms with van der Waals surface area (Å²) in [6.45, 7) is 3.12. The van der Waals surface area contributed by atoms with E-state index in [4.69, 9.17) is 11.6 Å². The smallest absolute Gasteiger partial charge is 0.229 e. The van der Waals surface area contributed by atoms with E-state index in [1.807, 2.05) is 30.3 Å². The van der Waals surface area contributed by atoms with Crippen LogP contribution in [0.2, 0.25) is 5.02 Å². The van der Waals surface area contributed by atoms with Crippen molar-refractivity contribution in [1.29, 1.82) is 0 Å². The molecule has 0 saturated carbocycles. The molecule has 20 heavy (non-hydrogen) atoms. The first kappa shape index (κ1) is 14.6. The summed E-state index contributed by atoms with van der Waals surface area (Å²) in [5, 5.41) is 7.12. The van der Waals surface area contributed by atoms with Gasteiger partial charge in [-0.3, -0.25) is 0 Å². The fraction of sp³-hybridized carbons (Fsp3) is 0.333. The van der Waals surface area contributed by atoms with Crippen LogP contribution in [0.1, 0.15) is 26.2 Å². The zero-order valence-corrected chi connectivity index (χ0v) is 12.3. The van der Waals surface area contributed by atoms with Gasteiger partial charge in [0, 0.05) is 23.5 Å². The summed E-state index contributed by atoms with van der Waals surface area (Å²) in [4.78, 5) is 8.62. The van der Waals surface area contributed by atoms with Crippen LogP contribution in [-0.4, -0.2) is 16.5 Å². The lowest BCUT2D eigenvalue weighted by molar-refractivity contribution is 0.742. The number of rotatable bonds is 7. The predicted molar refractivity (Wildman–Crippen MR) is 84.8 cm³/mol. The summed E-state index contributed by atoms with van der Waals surface area (Å²) in [6, 6.07) is 9.36. The Labute approximate surface area is 124 Å². The van der Waals surface area contributed by atoms with Crippen LogP contribution in [0.3, 0.4) is 0 Å². The molecule has 0 atom stereocenters. The number of nitrogens with zero attached hydrogens (tertiary/aromatic N) is 2. The molecule has 1 heterocycles. The van der Waals surface area contributed by atoms with Crippen molar-refractivity contribution in [3.63, 3.8) is 0 Å². The van der Waals surface area contributed by atoms with Crippen molar-refractivity contribution < 1.29 is 0 Å². The van der Waals surface area contributed by atoms with E-state index in [-0.39, 0.29) is 0 Å². The molecule has 2 aromatic rings. The number of nitrogens with one attached hydrogen (secondary N) is 2. The minimum Gasteiger partial charge on any atom is -0.370 e. The molecule has 0 spiro atoms. The van der Waals surface area contributed by atoms with Crippen molar-refractivity contribution in [2.45, 2.75) is 26.2 Å². The minimum atomic E-state index is 0.563. The Morgan fingerprint density at radius 1 is 1.20 bits per heavy atom. The van der Waals surface area contributed by atoms with E-state index in [0.29, 0.717) is 11.0 Å². The predicted octanol–water partition coefficient (Wildman–Crippen LogP) is 4.48. The van der Waals surface area contributed by atoms with Crippen molar-refractivity contribution in [3.05, 3.63) is 41.6 Å². The van der Waals surface area contributed by atoms with Gasteiger partial charge < -0.3 is 10.6 Å². The monoisotopic (exact) mass is 290 g/mol. The average Bonchev–Trinajstić information content (AvgIpc) is 2.44. The van der Waals surface area contributed by atoms with Crippen molar-refractivity contribution in [2.75, 3.05) is 17.2 Å². The molecule has 0 bridgehead atoms. The molecule has 0 aliphatic heterocycles. The van der Waals surface area contributed by atoms with Gasteiger partial charge in [0.1, 0.15) is 5.82 Å². The van der Waals surface area contributed by atoms with Gasteiger partial charge in [-0.1, -0.05) is 37.4 Å². The number of hydrogen-bond acceptors (Lipinski definition) is 4. The first-order valence-corrected chi connectivity index (χ1v) is 7.25. The first-order valence-electron chi connectivity index (χ1n) is 6.87. The van der Waals surface area contributed by atoms with E-state index in [9.17, 15) is 0 Å². The zero-order valence-electron chi connectivity index (χ0n) is 11.6. The maximum atomic E-state index is 5.95. The van der Waals surface area contributed by atoms with Gasteiger partial charge in [-0.05, 0) is 30.7 Å². The van der Waals surface area contributed by atoms with Crippen LogP contribution in [-0.2, 0) is 0 Å². The molecular weight excluding hydrogens is 272 g/mol. The first-order chi connectivity index (χ1) is 9.78. The summed E-state index contributed by atoms with van der Waals surface area (Å²) in [6.07, 6.45) is 5.33. The van der Waals surface area contributed by atoms with Gasteiger partial charge in [-0.25, -0.2) is 4.98 Å². The van der Waals surface area contributed by atoms with E-state index < -0.39 is 0 Å². The van der Waals surface area contributed by atoms with Crippen LogP contribution in [0.15, 0.2) is 36.5 Å². The molecule has 1 aromatic carbocycles. The third-order valence-corrected chi connectivity index (χ3v) is 3.06. The molecular formula is C15H19ClN4. The third kappa shape index (κ3) is 4.70. The fourth-order valence-corrected chi connectivity index (χ4v) is 1.99. The van der Waals surface area contributed by atoms with Crippen molar-refractivity contribution >= 4 is 29.1 Å². The van der Waals surface area contributed by atoms with Crippen LogP contribution in [0.5, 0.6) is 0 Å². The van der Waals surface area contributed by atoms with Gasteiger partial charge in [-0.2, -0.15) is 4.98 Å². The lowest BCUT2D eigenvalue weighted by atomic mass is 10.2. The number of halogens is 1. The van der Waals surface area contributed by atoms with E-state index in [0.717, 1.165) is 24.5 Å². The van der Waals surface area contributed by atoms with Crippen LogP contribution in [0, 0.1) is 0 Å². The second kappa shape index (κ2) is 7.70. The number of anilines is 3. The maximum absolute atomic E-state index is 5.95. The number of hydrogen-bond donors (Lipinski definition) is 2. The number of aromatic nitrogens is 2. The molecule has 4 nitrogen and oxygen atoms in total. The van der Waals surface area contributed by atoms with Crippen LogP contribution >= 0.6 is 11.6 Å². The van der Waals surface area contributed by atoms with Crippen LogP contribution in [0.4, 0.5) is 17.5 Å². The van der Waals surface area contributed by atoms with Crippen molar-refractivity contribution in [1.82, 2.24) is 9.97 Å². The Morgan fingerprint density at radius 2 is 2.10 bits per heavy atom. The molecule has 1 aromatic heterocycles. The van der Waals surface area contributed by atoms with Gasteiger partial charge >= 0.3 is 0 Å². The lowest BCUT2D eigenvalue weighted by Crippen LogP contribution is -2.05. The standard InChI is InChI=1S/C15H19ClN4/c1-2-3-4-9-17-14-8-10-18-15(20-14)19-13-7-5-6-12(16)11-13/h5-8,10-11H,2-4,9H2,1H3,(H2,17,18,19,20). The second-order valence-corrected chi connectivity index (χ2v) is 4.97. The van der Waals surface area contributed by atoms with Gasteiger partial charge in [0.15, 0.2) is 0 Å². The Morgan fingerprint density at radius 3 is 2.90 bits per heavy atom. The van der Waals surface area contributed by atoms with E-state index in [2.05, 4.69) is 27.5 Å². The SMILES string of the molecule is CCCCCNc1ccnc(Nc2cccc(Cl)c2)n1. The molecule has 0 unspecified atom stereocenters. The molecule has 0 fully saturated rings. The van der Waals surface area contributed by atoms with E-state index in [1.54, 1.807) is 6.20 Å². The van der Waals surface area contributed by atoms with E-state index >= 15 is 0 Å². The maximum Gasteiger partial charge on any atom is 0.229 e. The highest BCUT2D eigenvalue weighted by molar-refractivity contribution is 6.30. The molecule has 106 valence electrons. The lowest BCUT2D eigenvalue weighted by Gasteiger charge is -2.08. The molecule has 0 amide bonds. The normalized spacial score (nSPS) is 10.3. The van der Waals surface area contributed by atoms with Gasteiger partial charge in [0.05, 0.1) is 0 Å². The third-order valence-electron chi connectivity index (χ3n) is 2.82. The molecule has 0 saturated heterocycles. The average molecular weight is 291 g/mol. The summed E-state index contributed by atoms with van der Waals surface area (Å²) in [7, 11) is 0. The Balaban J connectivity index is 1.95. The summed E-state index contributed by atoms with van der Waals surface area (Å²) < 4.78 is 0. The van der Waals surface area contributed by atoms with Crippen molar-refractivity contribution in [3.8, 4) is 0 Å². The molecule has 0 radical (unpaired) electrons. The Hall–Kier alpha value is -1.81. The number of benzene rings is 1. The molecule has 0 aliphatic carbocycles. The van der Waals surface area contributed by atoms with Crippen LogP contribution in [0.25, 0.3) is 0 Å². The van der Waals surface area contributed by atoms with Crippen molar-refractivity contribution in [2.24, 2.45) is 0 Å². The van der Waals surface area contributed by atoms with Crippen LogP contribution < -0.4 is 10.6 Å². The fourth-order valence-electron chi connectivity index (χ4n) is 1.80. The highest BCUT2D eigenvalue weighted by Crippen LogP contribution is 2.18.